The Hall–Kier alpha value is -1.63. The van der Waals surface area contributed by atoms with Gasteiger partial charge in [0.15, 0.2) is 6.29 Å². The van der Waals surface area contributed by atoms with Crippen LogP contribution in [0.3, 0.4) is 0 Å². The number of carbonyl (C=O) groups is 1. The average Bonchev–Trinajstić information content (AvgIpc) is 3.36. The van der Waals surface area contributed by atoms with E-state index < -0.39 is 55.6 Å². The van der Waals surface area contributed by atoms with Crippen LogP contribution in [-0.4, -0.2) is 100 Å². The first-order valence-corrected chi connectivity index (χ1v) is 29.4. The van der Waals surface area contributed by atoms with Crippen LogP contribution in [0.2, 0.25) is 0 Å². The van der Waals surface area contributed by atoms with Crippen LogP contribution in [0.25, 0.3) is 0 Å². The van der Waals surface area contributed by atoms with E-state index in [2.05, 4.69) is 19.2 Å². The molecule has 69 heavy (non-hydrogen) atoms. The van der Waals surface area contributed by atoms with Gasteiger partial charge in [-0.05, 0) is 31.2 Å². The molecule has 1 saturated heterocycles. The minimum atomic E-state index is -1.50. The number of carbonyl (C=O) groups excluding carboxylic acids is 1. The first-order chi connectivity index (χ1) is 33.8. The van der Waals surface area contributed by atoms with E-state index in [0.29, 0.717) is 25.9 Å². The minimum absolute atomic E-state index is 0.231. The summed E-state index contributed by atoms with van der Waals surface area (Å²) in [5.41, 5.74) is 1.16. The van der Waals surface area contributed by atoms with Gasteiger partial charge in [0, 0.05) is 13.0 Å². The second kappa shape index (κ2) is 45.0. The first-order valence-electron chi connectivity index (χ1n) is 29.4. The molecule has 10 nitrogen and oxygen atoms in total. The van der Waals surface area contributed by atoms with Gasteiger partial charge in [-0.2, -0.15) is 0 Å². The van der Waals surface area contributed by atoms with Crippen LogP contribution < -0.4 is 5.32 Å². The van der Waals surface area contributed by atoms with Crippen molar-refractivity contribution in [2.24, 2.45) is 0 Å². The highest BCUT2D eigenvalue weighted by molar-refractivity contribution is 5.76. The number of ether oxygens (including phenoxy) is 3. The van der Waals surface area contributed by atoms with Crippen molar-refractivity contribution in [2.45, 2.75) is 313 Å². The third-order valence-corrected chi connectivity index (χ3v) is 14.5. The summed E-state index contributed by atoms with van der Waals surface area (Å²) >= 11 is 0. The van der Waals surface area contributed by atoms with Crippen molar-refractivity contribution in [1.29, 1.82) is 0 Å². The Morgan fingerprint density at radius 3 is 1.42 bits per heavy atom. The van der Waals surface area contributed by atoms with Crippen LogP contribution in [0, 0.1) is 0 Å². The van der Waals surface area contributed by atoms with Crippen LogP contribution in [0.15, 0.2) is 30.3 Å². The molecule has 1 aliphatic heterocycles. The largest absolute Gasteiger partial charge is 0.394 e. The number of unbranched alkanes of at least 4 members (excludes halogenated alkanes) is 33. The van der Waals surface area contributed by atoms with Gasteiger partial charge in [0.2, 0.25) is 5.91 Å². The van der Waals surface area contributed by atoms with Gasteiger partial charge in [-0.1, -0.05) is 262 Å². The highest BCUT2D eigenvalue weighted by atomic mass is 16.7. The number of nitrogens with one attached hydrogen (secondary N) is 1. The molecular weight excluding hydrogens is 867 g/mol. The van der Waals surface area contributed by atoms with Crippen molar-refractivity contribution in [3.8, 4) is 0 Å². The number of amides is 1. The van der Waals surface area contributed by atoms with Gasteiger partial charge < -0.3 is 45.1 Å². The van der Waals surface area contributed by atoms with E-state index in [-0.39, 0.29) is 12.5 Å². The van der Waals surface area contributed by atoms with Crippen LogP contribution in [-0.2, 0) is 25.4 Å². The van der Waals surface area contributed by atoms with E-state index in [0.717, 1.165) is 50.5 Å². The van der Waals surface area contributed by atoms with Crippen molar-refractivity contribution in [3.63, 3.8) is 0 Å². The lowest BCUT2D eigenvalue weighted by molar-refractivity contribution is -0.309. The number of benzene rings is 1. The number of aliphatic hydroxyl groups excluding tert-OH is 5. The molecule has 0 radical (unpaired) electrons. The Morgan fingerprint density at radius 1 is 0.565 bits per heavy atom. The summed E-state index contributed by atoms with van der Waals surface area (Å²) in [6.45, 7) is 4.10. The fraction of sp³-hybridized carbons (Fsp3) is 0.881. The molecule has 1 heterocycles. The fourth-order valence-electron chi connectivity index (χ4n) is 9.94. The van der Waals surface area contributed by atoms with Gasteiger partial charge >= 0.3 is 0 Å². The van der Waals surface area contributed by atoms with Gasteiger partial charge in [0.1, 0.15) is 30.5 Å². The Kier molecular flexibility index (Phi) is 41.4. The van der Waals surface area contributed by atoms with E-state index in [1.54, 1.807) is 0 Å². The van der Waals surface area contributed by atoms with Crippen LogP contribution in [0.1, 0.15) is 263 Å². The normalized spacial score (nSPS) is 19.7. The third kappa shape index (κ3) is 32.9. The van der Waals surface area contributed by atoms with E-state index in [1.165, 1.54) is 186 Å². The monoisotopic (exact) mass is 976 g/mol. The first kappa shape index (κ1) is 63.5. The molecule has 404 valence electrons. The molecule has 1 aromatic carbocycles. The standard InChI is InChI=1S/C59H109NO9/c1-3-5-7-9-11-13-15-17-18-19-20-21-22-23-24-25-26-27-29-31-33-35-40-46-54(63)60-51(55(64)52(62)45-39-34-32-30-28-16-14-12-10-8-6-4-2)49-68-59-57(66)56(65)58(53(48-61)69-59)67-47-41-44-50-42-37-36-38-43-50/h36-38,42-43,51-53,55-59,61-62,64-66H,3-35,39-41,44-49H2,1-2H3,(H,60,63)/t51-,52+,53+,55-,56+,57+,58-,59-/m0/s1. The lowest BCUT2D eigenvalue weighted by Gasteiger charge is -2.42. The summed E-state index contributed by atoms with van der Waals surface area (Å²) in [5.74, 6) is -0.231. The van der Waals surface area contributed by atoms with Crippen LogP contribution in [0.4, 0.5) is 0 Å². The molecule has 0 saturated carbocycles. The van der Waals surface area contributed by atoms with Gasteiger partial charge in [-0.25, -0.2) is 0 Å². The summed E-state index contributed by atoms with van der Waals surface area (Å²) < 4.78 is 17.8. The number of hydrogen-bond donors (Lipinski definition) is 6. The van der Waals surface area contributed by atoms with Crippen molar-refractivity contribution < 1.29 is 44.5 Å². The quantitative estimate of drug-likeness (QED) is 0.0350. The molecule has 1 fully saturated rings. The van der Waals surface area contributed by atoms with E-state index in [1.807, 2.05) is 30.3 Å². The molecule has 0 aromatic heterocycles. The lowest BCUT2D eigenvalue weighted by atomic mass is 9.98. The smallest absolute Gasteiger partial charge is 0.220 e. The number of aliphatic hydroxyl groups is 5. The number of hydrogen-bond acceptors (Lipinski definition) is 9. The molecule has 10 heteroatoms. The molecule has 1 aliphatic rings. The molecule has 0 bridgehead atoms. The zero-order valence-corrected chi connectivity index (χ0v) is 44.6. The average molecular weight is 977 g/mol. The maximum Gasteiger partial charge on any atom is 0.220 e. The topological polar surface area (TPSA) is 158 Å². The molecule has 1 amide bonds. The Labute approximate surface area is 423 Å². The molecular formula is C59H109NO9. The number of rotatable bonds is 49. The molecule has 0 unspecified atom stereocenters. The van der Waals surface area contributed by atoms with Gasteiger partial charge in [-0.15, -0.1) is 0 Å². The van der Waals surface area contributed by atoms with Gasteiger partial charge in [-0.3, -0.25) is 4.79 Å². The van der Waals surface area contributed by atoms with E-state index in [9.17, 15) is 30.3 Å². The highest BCUT2D eigenvalue weighted by Crippen LogP contribution is 2.26. The van der Waals surface area contributed by atoms with Crippen molar-refractivity contribution in [2.75, 3.05) is 19.8 Å². The maximum absolute atomic E-state index is 13.3. The van der Waals surface area contributed by atoms with Gasteiger partial charge in [0.05, 0.1) is 25.4 Å². The molecule has 6 N–H and O–H groups in total. The predicted octanol–water partition coefficient (Wildman–Crippen LogP) is 13.1. The SMILES string of the molecule is CCCCCCCCCCCCCCCCCCCCCCCCCC(=O)N[C@@H](CO[C@H]1O[C@H](CO)[C@H](OCCCc2ccccc2)[C@H](O)[C@H]1O)[C@H](O)[C@H](O)CCCCCCCCCCCCCC. The zero-order chi connectivity index (χ0) is 49.8. The predicted molar refractivity (Wildman–Crippen MR) is 284 cm³/mol. The van der Waals surface area contributed by atoms with Crippen molar-refractivity contribution in [3.05, 3.63) is 35.9 Å². The van der Waals surface area contributed by atoms with Crippen molar-refractivity contribution in [1.82, 2.24) is 5.32 Å². The Balaban J connectivity index is 1.69. The molecule has 0 aliphatic carbocycles. The summed E-state index contributed by atoms with van der Waals surface area (Å²) in [7, 11) is 0. The fourth-order valence-corrected chi connectivity index (χ4v) is 9.94. The summed E-state index contributed by atoms with van der Waals surface area (Å²) in [4.78, 5) is 13.3. The second-order valence-electron chi connectivity index (χ2n) is 20.9. The van der Waals surface area contributed by atoms with Gasteiger partial charge in [0.25, 0.3) is 0 Å². The van der Waals surface area contributed by atoms with Crippen LogP contribution in [0.5, 0.6) is 0 Å². The molecule has 1 aromatic rings. The third-order valence-electron chi connectivity index (χ3n) is 14.5. The molecule has 8 atom stereocenters. The highest BCUT2D eigenvalue weighted by Gasteiger charge is 2.46. The Bertz CT molecular complexity index is 1260. The zero-order valence-electron chi connectivity index (χ0n) is 44.6. The summed E-state index contributed by atoms with van der Waals surface area (Å²) in [5, 5.41) is 57.7. The van der Waals surface area contributed by atoms with Crippen LogP contribution >= 0.6 is 0 Å². The number of aryl methyl sites for hydroxylation is 1. The van der Waals surface area contributed by atoms with Crippen molar-refractivity contribution >= 4 is 5.91 Å². The molecule has 2 rings (SSSR count). The van der Waals surface area contributed by atoms with E-state index in [4.69, 9.17) is 14.2 Å². The Morgan fingerprint density at radius 2 is 0.986 bits per heavy atom. The summed E-state index contributed by atoms with van der Waals surface area (Å²) in [6.07, 6.45) is 38.2. The second-order valence-corrected chi connectivity index (χ2v) is 20.9. The maximum atomic E-state index is 13.3. The summed E-state index contributed by atoms with van der Waals surface area (Å²) in [6, 6.07) is 9.03. The minimum Gasteiger partial charge on any atom is -0.394 e. The lowest BCUT2D eigenvalue weighted by Crippen LogP contribution is -2.61. The molecule has 0 spiro atoms. The van der Waals surface area contributed by atoms with E-state index >= 15 is 0 Å².